The van der Waals surface area contributed by atoms with E-state index in [-0.39, 0.29) is 6.10 Å². The van der Waals surface area contributed by atoms with E-state index in [0.717, 1.165) is 24.3 Å². The Hall–Kier alpha value is -0.560. The minimum absolute atomic E-state index is 0.286. The maximum Gasteiger partial charge on any atom is 0.0744 e. The Morgan fingerprint density at radius 3 is 2.92 bits per heavy atom. The van der Waals surface area contributed by atoms with E-state index < -0.39 is 0 Å². The van der Waals surface area contributed by atoms with Gasteiger partial charge in [0.1, 0.15) is 0 Å². The summed E-state index contributed by atoms with van der Waals surface area (Å²) in [4.78, 5) is 0. The van der Waals surface area contributed by atoms with Gasteiger partial charge in [-0.3, -0.25) is 0 Å². The molecule has 0 aliphatic heterocycles. The van der Waals surface area contributed by atoms with Crippen molar-refractivity contribution in [3.05, 3.63) is 24.3 Å². The molecule has 0 bridgehead atoms. The molecular weight excluding hydrogens is 160 g/mol. The quantitative estimate of drug-likeness (QED) is 0.659. The van der Waals surface area contributed by atoms with Crippen LogP contribution in [0, 0.1) is 5.92 Å². The molecule has 1 aliphatic rings. The Morgan fingerprint density at radius 2 is 2.38 bits per heavy atom. The van der Waals surface area contributed by atoms with Gasteiger partial charge in [0.2, 0.25) is 0 Å². The van der Waals surface area contributed by atoms with Crippen molar-refractivity contribution in [2.24, 2.45) is 5.92 Å². The third-order valence-electron chi connectivity index (χ3n) is 2.79. The lowest BCUT2D eigenvalue weighted by Gasteiger charge is -2.19. The first-order valence-electron chi connectivity index (χ1n) is 5.18. The van der Waals surface area contributed by atoms with Crippen LogP contribution in [0.25, 0.3) is 0 Å². The summed E-state index contributed by atoms with van der Waals surface area (Å²) in [5.41, 5.74) is 0.895. The van der Waals surface area contributed by atoms with Gasteiger partial charge in [-0.1, -0.05) is 24.3 Å². The van der Waals surface area contributed by atoms with Gasteiger partial charge in [0.25, 0.3) is 0 Å². The van der Waals surface area contributed by atoms with Crippen molar-refractivity contribution in [3.8, 4) is 0 Å². The molecule has 0 aromatic carbocycles. The van der Waals surface area contributed by atoms with Crippen molar-refractivity contribution >= 4 is 0 Å². The van der Waals surface area contributed by atoms with Gasteiger partial charge in [-0.15, -0.1) is 0 Å². The molecule has 0 saturated carbocycles. The van der Waals surface area contributed by atoms with Crippen LogP contribution in [0.4, 0.5) is 0 Å². The van der Waals surface area contributed by atoms with Crippen molar-refractivity contribution < 1.29 is 5.11 Å². The highest BCUT2D eigenvalue weighted by Crippen LogP contribution is 2.24. The highest BCUT2D eigenvalue weighted by Gasteiger charge is 2.12. The predicted molar refractivity (Wildman–Crippen MR) is 56.5 cm³/mol. The molecule has 0 heterocycles. The summed E-state index contributed by atoms with van der Waals surface area (Å²) in [5.74, 6) is 0.791. The van der Waals surface area contributed by atoms with Gasteiger partial charge in [-0.2, -0.15) is 0 Å². The first-order chi connectivity index (χ1) is 6.20. The summed E-state index contributed by atoms with van der Waals surface area (Å²) in [5, 5.41) is 9.54. The second kappa shape index (κ2) is 5.23. The second-order valence-electron chi connectivity index (χ2n) is 4.09. The van der Waals surface area contributed by atoms with Gasteiger partial charge >= 0.3 is 0 Å². The van der Waals surface area contributed by atoms with Crippen molar-refractivity contribution in [2.45, 2.75) is 45.1 Å². The molecule has 0 aromatic heterocycles. The van der Waals surface area contributed by atoms with E-state index in [1.165, 1.54) is 19.3 Å². The molecular formula is C12H20O. The normalized spacial score (nSPS) is 24.3. The molecule has 1 rings (SSSR count). The second-order valence-corrected chi connectivity index (χ2v) is 4.09. The molecule has 0 spiro atoms. The van der Waals surface area contributed by atoms with E-state index in [0.29, 0.717) is 0 Å². The van der Waals surface area contributed by atoms with Crippen LogP contribution in [-0.2, 0) is 0 Å². The number of aliphatic hydroxyl groups excluding tert-OH is 1. The lowest BCUT2D eigenvalue weighted by molar-refractivity contribution is 0.187. The monoisotopic (exact) mass is 180 g/mol. The molecule has 1 N–H and O–H groups in total. The van der Waals surface area contributed by atoms with Crippen LogP contribution in [0.3, 0.4) is 0 Å². The molecule has 0 amide bonds. The Kier molecular flexibility index (Phi) is 4.23. The number of hydrogen-bond acceptors (Lipinski definition) is 1. The number of hydrogen-bond donors (Lipinski definition) is 1. The molecule has 1 nitrogen and oxygen atoms in total. The lowest BCUT2D eigenvalue weighted by Crippen LogP contribution is -2.11. The fourth-order valence-electron chi connectivity index (χ4n) is 1.76. The van der Waals surface area contributed by atoms with Crippen LogP contribution in [-0.4, -0.2) is 11.2 Å². The first kappa shape index (κ1) is 10.5. The average Bonchev–Trinajstić information content (AvgIpc) is 2.15. The van der Waals surface area contributed by atoms with Crippen LogP contribution in [0.2, 0.25) is 0 Å². The fraction of sp³-hybridized carbons (Fsp3) is 0.667. The smallest absolute Gasteiger partial charge is 0.0744 e. The van der Waals surface area contributed by atoms with Crippen LogP contribution >= 0.6 is 0 Å². The van der Waals surface area contributed by atoms with E-state index in [2.05, 4.69) is 18.7 Å². The molecule has 0 radical (unpaired) electrons. The maximum atomic E-state index is 9.54. The zero-order chi connectivity index (χ0) is 9.68. The fourth-order valence-corrected chi connectivity index (χ4v) is 1.76. The molecule has 0 fully saturated rings. The summed E-state index contributed by atoms with van der Waals surface area (Å²) in [6.07, 6.45) is 9.96. The van der Waals surface area contributed by atoms with Gasteiger partial charge in [-0.05, 0) is 44.9 Å². The third-order valence-corrected chi connectivity index (χ3v) is 2.79. The molecule has 0 aromatic rings. The Labute approximate surface area is 81.2 Å². The highest BCUT2D eigenvalue weighted by molar-refractivity contribution is 4.97. The topological polar surface area (TPSA) is 20.2 Å². The van der Waals surface area contributed by atoms with E-state index in [1.54, 1.807) is 0 Å². The molecule has 0 saturated heterocycles. The molecule has 1 heteroatoms. The summed E-state index contributed by atoms with van der Waals surface area (Å²) < 4.78 is 0. The van der Waals surface area contributed by atoms with E-state index >= 15 is 0 Å². The third kappa shape index (κ3) is 3.77. The zero-order valence-corrected chi connectivity index (χ0v) is 8.50. The summed E-state index contributed by atoms with van der Waals surface area (Å²) in [6, 6.07) is 0. The largest absolute Gasteiger partial charge is 0.389 e. The van der Waals surface area contributed by atoms with E-state index in [9.17, 15) is 5.11 Å². The summed E-state index contributed by atoms with van der Waals surface area (Å²) >= 11 is 0. The van der Waals surface area contributed by atoms with Gasteiger partial charge in [0.15, 0.2) is 0 Å². The molecule has 2 unspecified atom stereocenters. The Bertz CT molecular complexity index is 193. The van der Waals surface area contributed by atoms with Crippen molar-refractivity contribution in [1.82, 2.24) is 0 Å². The molecule has 74 valence electrons. The van der Waals surface area contributed by atoms with Crippen LogP contribution in [0.5, 0.6) is 0 Å². The number of allylic oxidation sites excluding steroid dienone is 2. The van der Waals surface area contributed by atoms with Crippen LogP contribution in [0.15, 0.2) is 24.3 Å². The van der Waals surface area contributed by atoms with Crippen LogP contribution in [0.1, 0.15) is 39.0 Å². The summed E-state index contributed by atoms with van der Waals surface area (Å²) in [6.45, 7) is 5.65. The average molecular weight is 180 g/mol. The Morgan fingerprint density at radius 1 is 1.62 bits per heavy atom. The lowest BCUT2D eigenvalue weighted by atomic mass is 9.89. The number of aliphatic hydroxyl groups is 1. The van der Waals surface area contributed by atoms with Crippen molar-refractivity contribution in [2.75, 3.05) is 0 Å². The van der Waals surface area contributed by atoms with E-state index in [1.807, 2.05) is 6.92 Å². The van der Waals surface area contributed by atoms with Gasteiger partial charge in [0, 0.05) is 0 Å². The van der Waals surface area contributed by atoms with Gasteiger partial charge in [-0.25, -0.2) is 0 Å². The maximum absolute atomic E-state index is 9.54. The first-order valence-corrected chi connectivity index (χ1v) is 5.18. The predicted octanol–water partition coefficient (Wildman–Crippen LogP) is 3.06. The SMILES string of the molecule is C=C(C)C(O)CCC1CC=CCC1. The van der Waals surface area contributed by atoms with E-state index in [4.69, 9.17) is 0 Å². The molecule has 2 atom stereocenters. The minimum atomic E-state index is -0.286. The van der Waals surface area contributed by atoms with Crippen LogP contribution < -0.4 is 0 Å². The highest BCUT2D eigenvalue weighted by atomic mass is 16.3. The molecule has 1 aliphatic carbocycles. The zero-order valence-electron chi connectivity index (χ0n) is 8.50. The molecule has 13 heavy (non-hydrogen) atoms. The van der Waals surface area contributed by atoms with Gasteiger partial charge in [0.05, 0.1) is 6.10 Å². The number of rotatable bonds is 4. The van der Waals surface area contributed by atoms with Crippen molar-refractivity contribution in [3.63, 3.8) is 0 Å². The van der Waals surface area contributed by atoms with Crippen molar-refractivity contribution in [1.29, 1.82) is 0 Å². The summed E-state index contributed by atoms with van der Waals surface area (Å²) in [7, 11) is 0. The standard InChI is InChI=1S/C12H20O/c1-10(2)12(13)9-8-11-6-4-3-5-7-11/h3-4,11-13H,1,5-9H2,2H3. The van der Waals surface area contributed by atoms with Gasteiger partial charge < -0.3 is 5.11 Å². The minimum Gasteiger partial charge on any atom is -0.389 e. The Balaban J connectivity index is 2.18.